The second-order valence-corrected chi connectivity index (χ2v) is 5.91. The summed E-state index contributed by atoms with van der Waals surface area (Å²) in [5.74, 6) is -8.16. The van der Waals surface area contributed by atoms with Gasteiger partial charge >= 0.3 is 6.18 Å². The Kier molecular flexibility index (Phi) is 4.29. The predicted octanol–water partition coefficient (Wildman–Crippen LogP) is 6.35. The monoisotopic (exact) mass is 390 g/mol. The van der Waals surface area contributed by atoms with Crippen LogP contribution in [0.5, 0.6) is 11.5 Å². The summed E-state index contributed by atoms with van der Waals surface area (Å²) in [7, 11) is 0. The Hall–Kier alpha value is -2.83. The van der Waals surface area contributed by atoms with Crippen LogP contribution in [0.2, 0.25) is 0 Å². The van der Waals surface area contributed by atoms with Crippen molar-refractivity contribution in [3.05, 3.63) is 58.5 Å². The number of benzene rings is 1. The van der Waals surface area contributed by atoms with E-state index in [0.29, 0.717) is 6.20 Å². The van der Waals surface area contributed by atoms with E-state index >= 15 is 0 Å². The van der Waals surface area contributed by atoms with Crippen LogP contribution in [0.3, 0.4) is 0 Å². The highest BCUT2D eigenvalue weighted by Crippen LogP contribution is 2.58. The van der Waals surface area contributed by atoms with Gasteiger partial charge in [0.25, 0.3) is 5.92 Å². The summed E-state index contributed by atoms with van der Waals surface area (Å²) >= 11 is 0. The molecule has 1 aliphatic carbocycles. The molecule has 0 unspecified atom stereocenters. The molecule has 2 aromatic rings. The number of alkyl halides is 6. The van der Waals surface area contributed by atoms with Gasteiger partial charge in [-0.25, -0.2) is 27.4 Å². The fourth-order valence-electron chi connectivity index (χ4n) is 2.93. The lowest BCUT2D eigenvalue weighted by Crippen LogP contribution is -2.23. The van der Waals surface area contributed by atoms with Gasteiger partial charge in [0, 0.05) is 17.2 Å². The molecule has 10 heteroatoms. The lowest BCUT2D eigenvalue weighted by atomic mass is 9.99. The van der Waals surface area contributed by atoms with Crippen molar-refractivity contribution < 1.29 is 35.5 Å². The molecule has 1 aliphatic rings. The van der Waals surface area contributed by atoms with Crippen molar-refractivity contribution in [2.45, 2.75) is 31.1 Å². The van der Waals surface area contributed by atoms with Crippen molar-refractivity contribution >= 4 is 5.69 Å². The number of hydrogen-bond acceptors (Lipinski definition) is 2. The first-order valence-corrected chi connectivity index (χ1v) is 7.44. The maximum Gasteiger partial charge on any atom is 0.433 e. The molecule has 2 atom stereocenters. The highest BCUT2D eigenvalue weighted by molar-refractivity contribution is 5.54. The maximum absolute atomic E-state index is 14.4. The summed E-state index contributed by atoms with van der Waals surface area (Å²) in [4.78, 5) is 6.10. The van der Waals surface area contributed by atoms with Gasteiger partial charge in [-0.05, 0) is 12.1 Å². The standard InChI is InChI=1S/C17H9F7N2O/c1-7-12-13(14(19)16(7,20)21)11(6-26-15(12)17(22,23)24)27-10-4-8(18)3-9(5-10)25-2/h3-7,14H,1H3/t7-,14+/m0/s1. The molecule has 0 radical (unpaired) electrons. The molecular weight excluding hydrogens is 381 g/mol. The Bertz CT molecular complexity index is 950. The molecule has 1 heterocycles. The van der Waals surface area contributed by atoms with Gasteiger partial charge < -0.3 is 4.74 Å². The first kappa shape index (κ1) is 18.9. The van der Waals surface area contributed by atoms with Gasteiger partial charge in [-0.1, -0.05) is 6.92 Å². The van der Waals surface area contributed by atoms with Crippen LogP contribution in [-0.4, -0.2) is 10.9 Å². The Morgan fingerprint density at radius 1 is 1.19 bits per heavy atom. The summed E-state index contributed by atoms with van der Waals surface area (Å²) in [6, 6.07) is 2.68. The second kappa shape index (κ2) is 6.11. The molecule has 0 fully saturated rings. The van der Waals surface area contributed by atoms with Gasteiger partial charge in [-0.3, -0.25) is 0 Å². The number of halogens is 7. The van der Waals surface area contributed by atoms with Crippen molar-refractivity contribution in [2.24, 2.45) is 0 Å². The minimum Gasteiger partial charge on any atom is -0.457 e. The molecule has 0 saturated heterocycles. The molecule has 1 aromatic carbocycles. The lowest BCUT2D eigenvalue weighted by Gasteiger charge is -2.18. The second-order valence-electron chi connectivity index (χ2n) is 5.91. The maximum atomic E-state index is 14.4. The van der Waals surface area contributed by atoms with Gasteiger partial charge in [0.05, 0.1) is 18.7 Å². The first-order valence-electron chi connectivity index (χ1n) is 7.44. The van der Waals surface area contributed by atoms with Gasteiger partial charge in [0.2, 0.25) is 0 Å². The third-order valence-corrected chi connectivity index (χ3v) is 4.20. The topological polar surface area (TPSA) is 26.5 Å². The van der Waals surface area contributed by atoms with Crippen LogP contribution >= 0.6 is 0 Å². The van der Waals surface area contributed by atoms with Crippen molar-refractivity contribution in [3.8, 4) is 11.5 Å². The lowest BCUT2D eigenvalue weighted by molar-refractivity contribution is -0.142. The summed E-state index contributed by atoms with van der Waals surface area (Å²) in [5, 5.41) is 0. The third-order valence-electron chi connectivity index (χ3n) is 4.20. The zero-order valence-electron chi connectivity index (χ0n) is 13.4. The van der Waals surface area contributed by atoms with Crippen molar-refractivity contribution in [1.29, 1.82) is 0 Å². The van der Waals surface area contributed by atoms with Gasteiger partial charge in [0.15, 0.2) is 17.6 Å². The Morgan fingerprint density at radius 2 is 1.85 bits per heavy atom. The van der Waals surface area contributed by atoms with Crippen LogP contribution in [0.15, 0.2) is 24.4 Å². The van der Waals surface area contributed by atoms with Crippen LogP contribution in [0.1, 0.15) is 35.8 Å². The van der Waals surface area contributed by atoms with E-state index in [0.717, 1.165) is 25.1 Å². The minimum absolute atomic E-state index is 0.197. The molecule has 0 spiro atoms. The molecule has 1 aromatic heterocycles. The van der Waals surface area contributed by atoms with Gasteiger partial charge in [-0.15, -0.1) is 0 Å². The molecular formula is C17H9F7N2O. The molecule has 142 valence electrons. The first-order chi connectivity index (χ1) is 12.5. The SMILES string of the molecule is [C-]#[N+]c1cc(F)cc(Oc2cnc(C(F)(F)F)c3c2[C@@H](F)C(F)(F)[C@H]3C)c1. The number of aromatic nitrogens is 1. The summed E-state index contributed by atoms with van der Waals surface area (Å²) in [6.07, 6.45) is -7.67. The zero-order valence-corrected chi connectivity index (χ0v) is 13.4. The molecule has 0 N–H and O–H groups in total. The summed E-state index contributed by atoms with van der Waals surface area (Å²) in [5.41, 5.74) is -3.81. The van der Waals surface area contributed by atoms with E-state index < -0.39 is 52.6 Å². The summed E-state index contributed by atoms with van der Waals surface area (Å²) in [6.45, 7) is 7.62. The quantitative estimate of drug-likeness (QED) is 0.442. The Balaban J connectivity index is 2.18. The van der Waals surface area contributed by atoms with Crippen LogP contribution in [-0.2, 0) is 6.18 Å². The van der Waals surface area contributed by atoms with Crippen LogP contribution in [0, 0.1) is 12.4 Å². The number of fused-ring (bicyclic) bond motifs is 1. The van der Waals surface area contributed by atoms with E-state index in [9.17, 15) is 30.7 Å². The number of pyridine rings is 1. The minimum atomic E-state index is -5.08. The van der Waals surface area contributed by atoms with E-state index in [1.807, 2.05) is 0 Å². The van der Waals surface area contributed by atoms with Crippen LogP contribution in [0.25, 0.3) is 4.85 Å². The van der Waals surface area contributed by atoms with E-state index in [4.69, 9.17) is 11.3 Å². The van der Waals surface area contributed by atoms with Crippen LogP contribution < -0.4 is 4.74 Å². The van der Waals surface area contributed by atoms with E-state index in [-0.39, 0.29) is 11.4 Å². The predicted molar refractivity (Wildman–Crippen MR) is 79.2 cm³/mol. The number of nitrogens with zero attached hydrogens (tertiary/aromatic N) is 2. The third kappa shape index (κ3) is 3.07. The molecule has 0 aliphatic heterocycles. The number of ether oxygens (including phenoxy) is 1. The highest BCUT2D eigenvalue weighted by Gasteiger charge is 2.59. The van der Waals surface area contributed by atoms with Gasteiger partial charge in [-0.2, -0.15) is 13.2 Å². The van der Waals surface area contributed by atoms with E-state index in [1.165, 1.54) is 0 Å². The average molecular weight is 390 g/mol. The largest absolute Gasteiger partial charge is 0.457 e. The van der Waals surface area contributed by atoms with Crippen LogP contribution in [0.4, 0.5) is 36.4 Å². The molecule has 0 bridgehead atoms. The highest BCUT2D eigenvalue weighted by atomic mass is 19.4. The zero-order chi connectivity index (χ0) is 20.1. The Labute approximate surface area is 148 Å². The summed E-state index contributed by atoms with van der Waals surface area (Å²) < 4.78 is 101. The van der Waals surface area contributed by atoms with Crippen molar-refractivity contribution in [1.82, 2.24) is 4.98 Å². The smallest absolute Gasteiger partial charge is 0.433 e. The average Bonchev–Trinajstić information content (AvgIpc) is 2.75. The van der Waals surface area contributed by atoms with Gasteiger partial charge in [0.1, 0.15) is 17.3 Å². The molecule has 0 amide bonds. The molecule has 3 rings (SSSR count). The van der Waals surface area contributed by atoms with Crippen molar-refractivity contribution in [2.75, 3.05) is 0 Å². The molecule has 27 heavy (non-hydrogen) atoms. The van der Waals surface area contributed by atoms with E-state index in [2.05, 4.69) is 9.83 Å². The van der Waals surface area contributed by atoms with E-state index in [1.54, 1.807) is 0 Å². The molecule has 3 nitrogen and oxygen atoms in total. The fraction of sp³-hybridized carbons (Fsp3) is 0.294. The van der Waals surface area contributed by atoms with Crippen molar-refractivity contribution in [3.63, 3.8) is 0 Å². The number of rotatable bonds is 2. The number of hydrogen-bond donors (Lipinski definition) is 0. The fourth-order valence-corrected chi connectivity index (χ4v) is 2.93. The Morgan fingerprint density at radius 3 is 2.44 bits per heavy atom. The molecule has 0 saturated carbocycles. The normalized spacial score (nSPS) is 20.9.